The Bertz CT molecular complexity index is 2200. The highest BCUT2D eigenvalue weighted by molar-refractivity contribution is 5.91. The molecule has 0 spiro atoms. The molecule has 16 heteroatoms. The van der Waals surface area contributed by atoms with Gasteiger partial charge in [0.25, 0.3) is 0 Å². The molecule has 0 amide bonds. The summed E-state index contributed by atoms with van der Waals surface area (Å²) in [5.41, 5.74) is 7.06. The molecular weight excluding hydrogens is 915 g/mol. The van der Waals surface area contributed by atoms with Crippen molar-refractivity contribution in [3.8, 4) is 46.0 Å². The Morgan fingerprint density at radius 2 is 0.809 bits per heavy atom. The van der Waals surface area contributed by atoms with E-state index in [0.717, 1.165) is 84.1 Å². The van der Waals surface area contributed by atoms with E-state index in [-0.39, 0.29) is 50.1 Å². The van der Waals surface area contributed by atoms with Crippen LogP contribution in [0, 0.1) is 0 Å². The number of hydrogen-bond donors (Lipinski definition) is 0. The highest BCUT2D eigenvalue weighted by Gasteiger charge is 2.41. The maximum absolute atomic E-state index is 12.8. The lowest BCUT2D eigenvalue weighted by molar-refractivity contribution is -0.941. The minimum atomic E-state index is -0.590. The smallest absolute Gasteiger partial charge is 0.331 e. The third kappa shape index (κ3) is 12.8. The van der Waals surface area contributed by atoms with Crippen LogP contribution < -0.4 is 62.7 Å². The van der Waals surface area contributed by atoms with Crippen LogP contribution in [0.2, 0.25) is 0 Å². The van der Waals surface area contributed by atoms with Gasteiger partial charge in [-0.1, -0.05) is 12.1 Å². The first-order chi connectivity index (χ1) is 31.9. The molecule has 4 aromatic rings. The summed E-state index contributed by atoms with van der Waals surface area (Å²) >= 11 is 0. The number of fused-ring (bicyclic) bond motifs is 2. The number of nitrogens with zero attached hydrogens (tertiary/aromatic N) is 2. The van der Waals surface area contributed by atoms with Crippen molar-refractivity contribution in [2.24, 2.45) is 0 Å². The van der Waals surface area contributed by atoms with Gasteiger partial charge < -0.3 is 81.1 Å². The Morgan fingerprint density at radius 1 is 0.485 bits per heavy atom. The van der Waals surface area contributed by atoms with Gasteiger partial charge in [0, 0.05) is 61.8 Å². The molecular formula is C52H68Cl2N2O12. The van der Waals surface area contributed by atoms with Crippen molar-refractivity contribution < 1.29 is 90.7 Å². The molecule has 0 bridgehead atoms. The maximum Gasteiger partial charge on any atom is 0.331 e. The van der Waals surface area contributed by atoms with Gasteiger partial charge in [0.2, 0.25) is 0 Å². The average Bonchev–Trinajstić information content (AvgIpc) is 3.34. The maximum atomic E-state index is 12.8. The second-order valence-corrected chi connectivity index (χ2v) is 17.4. The summed E-state index contributed by atoms with van der Waals surface area (Å²) in [5, 5.41) is 0. The van der Waals surface area contributed by atoms with Gasteiger partial charge in [0.1, 0.15) is 12.1 Å². The molecule has 0 aromatic heterocycles. The number of carbonyl (C=O) groups is 2. The fourth-order valence-corrected chi connectivity index (χ4v) is 9.75. The minimum absolute atomic E-state index is 0. The highest BCUT2D eigenvalue weighted by atomic mass is 35.5. The number of ether oxygens (including phenoxy) is 10. The number of halogens is 2. The number of methoxy groups -OCH3 is 8. The van der Waals surface area contributed by atoms with E-state index in [1.54, 1.807) is 56.9 Å². The first-order valence-electron chi connectivity index (χ1n) is 22.5. The minimum Gasteiger partial charge on any atom is -1.00 e. The Labute approximate surface area is 414 Å². The lowest BCUT2D eigenvalue weighted by Crippen LogP contribution is -3.00. The van der Waals surface area contributed by atoms with Gasteiger partial charge in [-0.05, 0) is 70.8 Å². The number of hydrogen-bond acceptors (Lipinski definition) is 12. The van der Waals surface area contributed by atoms with Crippen LogP contribution in [-0.2, 0) is 44.7 Å². The predicted octanol–water partition coefficient (Wildman–Crippen LogP) is 1.46. The molecule has 0 unspecified atom stereocenters. The molecule has 0 N–H and O–H groups in total. The van der Waals surface area contributed by atoms with Crippen LogP contribution in [0.3, 0.4) is 0 Å². The summed E-state index contributed by atoms with van der Waals surface area (Å²) < 4.78 is 57.7. The van der Waals surface area contributed by atoms with Gasteiger partial charge in [0.05, 0.1) is 110 Å². The Kier molecular flexibility index (Phi) is 20.4. The first kappa shape index (κ1) is 55.1. The van der Waals surface area contributed by atoms with Crippen molar-refractivity contribution in [3.63, 3.8) is 0 Å². The first-order valence-corrected chi connectivity index (χ1v) is 22.5. The van der Waals surface area contributed by atoms with Gasteiger partial charge in [-0.25, -0.2) is 9.59 Å². The van der Waals surface area contributed by atoms with Crippen molar-refractivity contribution in [1.29, 1.82) is 0 Å². The zero-order valence-corrected chi connectivity index (χ0v) is 42.6. The summed E-state index contributed by atoms with van der Waals surface area (Å²) in [6, 6.07) is 20.6. The van der Waals surface area contributed by atoms with E-state index in [0.29, 0.717) is 58.8 Å². The van der Waals surface area contributed by atoms with Crippen molar-refractivity contribution in [3.05, 3.63) is 106 Å². The molecule has 68 heavy (non-hydrogen) atoms. The van der Waals surface area contributed by atoms with Crippen molar-refractivity contribution in [2.45, 2.75) is 50.6 Å². The van der Waals surface area contributed by atoms with E-state index >= 15 is 0 Å². The molecule has 2 heterocycles. The molecule has 2 aliphatic rings. The average molecular weight is 984 g/mol. The molecule has 14 nitrogen and oxygen atoms in total. The standard InChI is InChI=1S/C52H68N2O12.2ClH/c1-53(23-19-37-31-47(61-7)49(63-9)33-39(37)41(53)27-35-13-15-43(57-3)45(29-35)59-5)21-11-25-65-51(55)17-18-52(56)66-26-12-22-54(2)24-20-38-32-48(62-8)50(64-10)34-40(38)42(54)28-36-14-16-44(58-4)46(30-36)60-6;;/h13-18,29-34,41-42H,11-12,19-28H2,1-10H3;2*1H/q+2;;/p-2/b18-17+;;/t41-,42-,53-,54+;;/m1../s1. The second-order valence-electron chi connectivity index (χ2n) is 17.4. The summed E-state index contributed by atoms with van der Waals surface area (Å²) in [7, 11) is 17.7. The normalized spacial score (nSPS) is 19.2. The number of benzene rings is 4. The highest BCUT2D eigenvalue weighted by Crippen LogP contribution is 2.45. The van der Waals surface area contributed by atoms with Gasteiger partial charge in [-0.15, -0.1) is 0 Å². The number of quaternary nitrogens is 2. The monoisotopic (exact) mass is 982 g/mol. The number of rotatable bonds is 22. The van der Waals surface area contributed by atoms with E-state index in [4.69, 9.17) is 47.4 Å². The predicted molar refractivity (Wildman–Crippen MR) is 251 cm³/mol. The topological polar surface area (TPSA) is 126 Å². The third-order valence-electron chi connectivity index (χ3n) is 13.5. The lowest BCUT2D eigenvalue weighted by Gasteiger charge is -2.46. The molecule has 0 aliphatic carbocycles. The van der Waals surface area contributed by atoms with Crippen LogP contribution in [0.1, 0.15) is 58.3 Å². The molecule has 4 aromatic carbocycles. The van der Waals surface area contributed by atoms with Crippen molar-refractivity contribution in [1.82, 2.24) is 0 Å². The zero-order chi connectivity index (χ0) is 47.4. The molecule has 0 fully saturated rings. The van der Waals surface area contributed by atoms with Crippen LogP contribution in [0.15, 0.2) is 72.8 Å². The summed E-state index contributed by atoms with van der Waals surface area (Å²) in [5.74, 6) is 4.31. The van der Waals surface area contributed by atoms with E-state index in [1.165, 1.54) is 22.3 Å². The zero-order valence-electron chi connectivity index (χ0n) is 41.1. The van der Waals surface area contributed by atoms with E-state index in [9.17, 15) is 9.59 Å². The quantitative estimate of drug-likeness (QED) is 0.0491. The fourth-order valence-electron chi connectivity index (χ4n) is 9.75. The molecule has 6 rings (SSSR count). The number of esters is 2. The SMILES string of the molecule is COc1ccc(C[C@@H]2c3cc(OC)c(OC)cc3CC[N@+]2(C)CCCOC(=O)/C=C/C(=O)OCCC[N@+]2(C)CCc3cc(OC)c(OC)cc3[C@H]2Cc2ccc(OC)c(OC)c2)cc1OC.[Cl-].[Cl-]. The van der Waals surface area contributed by atoms with Crippen LogP contribution >= 0.6 is 0 Å². The van der Waals surface area contributed by atoms with Gasteiger partial charge >= 0.3 is 11.9 Å². The van der Waals surface area contributed by atoms with Crippen LogP contribution in [0.4, 0.5) is 0 Å². The van der Waals surface area contributed by atoms with Crippen LogP contribution in [0.25, 0.3) is 0 Å². The Morgan fingerprint density at radius 3 is 1.15 bits per heavy atom. The molecule has 4 atom stereocenters. The van der Waals surface area contributed by atoms with Gasteiger partial charge in [0.15, 0.2) is 46.0 Å². The molecule has 2 aliphatic heterocycles. The Balaban J connectivity index is 0.00000504. The van der Waals surface area contributed by atoms with E-state index in [2.05, 4.69) is 50.5 Å². The molecule has 0 saturated heterocycles. The second kappa shape index (κ2) is 25.2. The molecule has 0 radical (unpaired) electrons. The molecule has 0 saturated carbocycles. The van der Waals surface area contributed by atoms with E-state index < -0.39 is 11.9 Å². The van der Waals surface area contributed by atoms with Crippen molar-refractivity contribution >= 4 is 11.9 Å². The number of likely N-dealkylation sites (N-methyl/N-ethyl adjacent to an activating group) is 2. The number of carbonyl (C=O) groups excluding carboxylic acids is 2. The summed E-state index contributed by atoms with van der Waals surface area (Å²) in [6.45, 7) is 3.69. The summed E-state index contributed by atoms with van der Waals surface area (Å²) in [4.78, 5) is 25.6. The van der Waals surface area contributed by atoms with E-state index in [1.807, 2.05) is 24.3 Å². The largest absolute Gasteiger partial charge is 1.00 e. The van der Waals surface area contributed by atoms with Crippen LogP contribution in [-0.4, -0.2) is 131 Å². The fraction of sp³-hybridized carbons (Fsp3) is 0.462. The van der Waals surface area contributed by atoms with Crippen LogP contribution in [0.5, 0.6) is 46.0 Å². The van der Waals surface area contributed by atoms with Gasteiger partial charge in [-0.3, -0.25) is 0 Å². The summed E-state index contributed by atoms with van der Waals surface area (Å²) in [6.07, 6.45) is 6.73. The lowest BCUT2D eigenvalue weighted by atomic mass is 9.86. The third-order valence-corrected chi connectivity index (χ3v) is 13.5. The van der Waals surface area contributed by atoms with Crippen molar-refractivity contribution in [2.75, 3.05) is 110 Å². The van der Waals surface area contributed by atoms with Gasteiger partial charge in [-0.2, -0.15) is 0 Å². The Hall–Kier alpha value is -5.54. The molecule has 372 valence electrons.